The van der Waals surface area contributed by atoms with Crippen molar-refractivity contribution in [1.29, 1.82) is 0 Å². The Labute approximate surface area is 82.4 Å². The van der Waals surface area contributed by atoms with Gasteiger partial charge in [0.2, 0.25) is 0 Å². The van der Waals surface area contributed by atoms with Crippen molar-refractivity contribution in [2.24, 2.45) is 0 Å². The van der Waals surface area contributed by atoms with Crippen LogP contribution in [0.3, 0.4) is 0 Å². The fourth-order valence-electron chi connectivity index (χ4n) is 1.28. The van der Waals surface area contributed by atoms with Gasteiger partial charge in [-0.05, 0) is 19.1 Å². The van der Waals surface area contributed by atoms with Crippen LogP contribution in [0.5, 0.6) is 0 Å². The Hall–Kier alpha value is -1.55. The zero-order chi connectivity index (χ0) is 9.80. The van der Waals surface area contributed by atoms with E-state index in [4.69, 9.17) is 4.42 Å². The molecule has 4 heteroatoms. The normalized spacial score (nSPS) is 10.6. The molecule has 2 N–H and O–H groups in total. The quantitative estimate of drug-likeness (QED) is 0.771. The maximum atomic E-state index is 5.19. The monoisotopic (exact) mass is 191 g/mol. The molecule has 0 radical (unpaired) electrons. The number of imidazole rings is 1. The van der Waals surface area contributed by atoms with Crippen molar-refractivity contribution >= 4 is 0 Å². The lowest BCUT2D eigenvalue weighted by Crippen LogP contribution is -2.13. The Kier molecular flexibility index (Phi) is 2.65. The molecule has 0 atom stereocenters. The van der Waals surface area contributed by atoms with Crippen molar-refractivity contribution in [3.63, 3.8) is 0 Å². The first-order valence-electron chi connectivity index (χ1n) is 4.58. The molecule has 0 amide bonds. The van der Waals surface area contributed by atoms with E-state index in [2.05, 4.69) is 15.3 Å². The summed E-state index contributed by atoms with van der Waals surface area (Å²) in [5.41, 5.74) is 2.16. The first-order valence-corrected chi connectivity index (χ1v) is 4.58. The second kappa shape index (κ2) is 4.11. The van der Waals surface area contributed by atoms with Crippen molar-refractivity contribution in [3.8, 4) is 0 Å². The first-order chi connectivity index (χ1) is 6.86. The molecule has 0 unspecified atom stereocenters. The van der Waals surface area contributed by atoms with E-state index in [9.17, 15) is 0 Å². The lowest BCUT2D eigenvalue weighted by Gasteiger charge is -2.00. The Morgan fingerprint density at radius 2 is 2.43 bits per heavy atom. The third-order valence-electron chi connectivity index (χ3n) is 2.11. The van der Waals surface area contributed by atoms with E-state index in [-0.39, 0.29) is 0 Å². The van der Waals surface area contributed by atoms with Crippen LogP contribution in [0.25, 0.3) is 0 Å². The molecule has 4 nitrogen and oxygen atoms in total. The lowest BCUT2D eigenvalue weighted by atomic mass is 10.3. The van der Waals surface area contributed by atoms with Gasteiger partial charge in [-0.25, -0.2) is 4.98 Å². The first kappa shape index (κ1) is 9.02. The molecule has 14 heavy (non-hydrogen) atoms. The van der Waals surface area contributed by atoms with Crippen molar-refractivity contribution in [1.82, 2.24) is 15.3 Å². The summed E-state index contributed by atoms with van der Waals surface area (Å²) in [4.78, 5) is 7.22. The molecule has 2 rings (SSSR count). The van der Waals surface area contributed by atoms with Gasteiger partial charge >= 0.3 is 0 Å². The molecule has 0 aliphatic heterocycles. The molecule has 0 saturated carbocycles. The van der Waals surface area contributed by atoms with E-state index in [1.165, 1.54) is 0 Å². The molecule has 2 aromatic rings. The van der Waals surface area contributed by atoms with E-state index in [0.29, 0.717) is 0 Å². The predicted octanol–water partition coefficient (Wildman–Crippen LogP) is 1.60. The Morgan fingerprint density at radius 1 is 1.50 bits per heavy atom. The third-order valence-corrected chi connectivity index (χ3v) is 2.11. The lowest BCUT2D eigenvalue weighted by molar-refractivity contribution is 0.481. The summed E-state index contributed by atoms with van der Waals surface area (Å²) in [7, 11) is 0. The molecular formula is C10H13N3O. The number of rotatable bonds is 4. The number of nitrogens with one attached hydrogen (secondary N) is 2. The average molecular weight is 191 g/mol. The van der Waals surface area contributed by atoms with Crippen molar-refractivity contribution < 1.29 is 4.42 Å². The van der Waals surface area contributed by atoms with Gasteiger partial charge in [-0.1, -0.05) is 0 Å². The highest BCUT2D eigenvalue weighted by Gasteiger charge is 2.00. The molecule has 0 spiro atoms. The summed E-state index contributed by atoms with van der Waals surface area (Å²) in [6.07, 6.45) is 3.38. The highest BCUT2D eigenvalue weighted by atomic mass is 16.3. The van der Waals surface area contributed by atoms with E-state index in [1.54, 1.807) is 12.6 Å². The standard InChI is InChI=1S/C10H13N3O/c1-8-10(13-7-12-8)6-11-5-9-3-2-4-14-9/h2-4,7,11H,5-6H2,1H3,(H,12,13). The summed E-state index contributed by atoms with van der Waals surface area (Å²) >= 11 is 0. The number of hydrogen-bond acceptors (Lipinski definition) is 3. The second-order valence-corrected chi connectivity index (χ2v) is 3.16. The molecule has 0 aromatic carbocycles. The predicted molar refractivity (Wildman–Crippen MR) is 52.6 cm³/mol. The molecule has 2 aromatic heterocycles. The van der Waals surface area contributed by atoms with Crippen LogP contribution in [0.1, 0.15) is 17.1 Å². The number of aromatic nitrogens is 2. The SMILES string of the molecule is Cc1[nH]cnc1CNCc1ccco1. The Bertz CT molecular complexity index is 378. The molecule has 0 aliphatic carbocycles. The van der Waals surface area contributed by atoms with Gasteiger partial charge in [0.25, 0.3) is 0 Å². The zero-order valence-corrected chi connectivity index (χ0v) is 8.08. The Morgan fingerprint density at radius 3 is 3.07 bits per heavy atom. The van der Waals surface area contributed by atoms with Crippen LogP contribution in [0.2, 0.25) is 0 Å². The van der Waals surface area contributed by atoms with Crippen LogP contribution in [0.15, 0.2) is 29.1 Å². The highest BCUT2D eigenvalue weighted by Crippen LogP contribution is 2.02. The van der Waals surface area contributed by atoms with Crippen LogP contribution in [-0.2, 0) is 13.1 Å². The summed E-state index contributed by atoms with van der Waals surface area (Å²) in [5.74, 6) is 0.943. The second-order valence-electron chi connectivity index (χ2n) is 3.16. The summed E-state index contributed by atoms with van der Waals surface area (Å²) in [6.45, 7) is 3.51. The number of hydrogen-bond donors (Lipinski definition) is 2. The van der Waals surface area contributed by atoms with Gasteiger partial charge in [0, 0.05) is 12.2 Å². The molecule has 0 bridgehead atoms. The number of aromatic amines is 1. The summed E-state index contributed by atoms with van der Waals surface area (Å²) in [6, 6.07) is 3.83. The van der Waals surface area contributed by atoms with Crippen molar-refractivity contribution in [2.75, 3.05) is 0 Å². The summed E-state index contributed by atoms with van der Waals surface area (Å²) < 4.78 is 5.19. The molecular weight excluding hydrogens is 178 g/mol. The van der Waals surface area contributed by atoms with E-state index in [0.717, 1.165) is 30.2 Å². The van der Waals surface area contributed by atoms with E-state index >= 15 is 0 Å². The van der Waals surface area contributed by atoms with E-state index in [1.807, 2.05) is 19.1 Å². The summed E-state index contributed by atoms with van der Waals surface area (Å²) in [5, 5.41) is 3.25. The maximum Gasteiger partial charge on any atom is 0.117 e. The number of nitrogens with zero attached hydrogens (tertiary/aromatic N) is 1. The van der Waals surface area contributed by atoms with Crippen molar-refractivity contribution in [2.45, 2.75) is 20.0 Å². The fourth-order valence-corrected chi connectivity index (χ4v) is 1.28. The van der Waals surface area contributed by atoms with Gasteiger partial charge in [-0.2, -0.15) is 0 Å². The minimum absolute atomic E-state index is 0.735. The topological polar surface area (TPSA) is 53.9 Å². The van der Waals surface area contributed by atoms with Crippen molar-refractivity contribution in [3.05, 3.63) is 41.9 Å². The largest absolute Gasteiger partial charge is 0.468 e. The molecule has 0 saturated heterocycles. The number of H-pyrrole nitrogens is 1. The molecule has 74 valence electrons. The Balaban J connectivity index is 1.81. The van der Waals surface area contributed by atoms with E-state index < -0.39 is 0 Å². The van der Waals surface area contributed by atoms with Gasteiger partial charge in [-0.3, -0.25) is 0 Å². The molecule has 2 heterocycles. The highest BCUT2D eigenvalue weighted by molar-refractivity contribution is 5.08. The minimum atomic E-state index is 0.735. The van der Waals surface area contributed by atoms with Gasteiger partial charge in [0.15, 0.2) is 0 Å². The van der Waals surface area contributed by atoms with Gasteiger partial charge in [0.1, 0.15) is 5.76 Å². The molecule has 0 aliphatic rings. The van der Waals surface area contributed by atoms with Gasteiger partial charge < -0.3 is 14.7 Å². The zero-order valence-electron chi connectivity index (χ0n) is 8.08. The van der Waals surface area contributed by atoms with Crippen LogP contribution in [0.4, 0.5) is 0 Å². The molecule has 0 fully saturated rings. The van der Waals surface area contributed by atoms with Gasteiger partial charge in [0.05, 0.1) is 24.8 Å². The number of furan rings is 1. The third kappa shape index (κ3) is 2.03. The van der Waals surface area contributed by atoms with Crippen LogP contribution >= 0.6 is 0 Å². The number of aryl methyl sites for hydroxylation is 1. The van der Waals surface area contributed by atoms with Crippen LogP contribution < -0.4 is 5.32 Å². The smallest absolute Gasteiger partial charge is 0.117 e. The average Bonchev–Trinajstić information content (AvgIpc) is 2.78. The van der Waals surface area contributed by atoms with Crippen LogP contribution in [-0.4, -0.2) is 9.97 Å². The fraction of sp³-hybridized carbons (Fsp3) is 0.300. The van der Waals surface area contributed by atoms with Gasteiger partial charge in [-0.15, -0.1) is 0 Å². The van der Waals surface area contributed by atoms with Crippen LogP contribution in [0, 0.1) is 6.92 Å². The minimum Gasteiger partial charge on any atom is -0.468 e. The maximum absolute atomic E-state index is 5.19.